The quantitative estimate of drug-likeness (QED) is 0.732. The summed E-state index contributed by atoms with van der Waals surface area (Å²) in [5.74, 6) is 0. The Labute approximate surface area is 110 Å². The van der Waals surface area contributed by atoms with Crippen LogP contribution in [0, 0.1) is 6.92 Å². The Morgan fingerprint density at radius 1 is 1.35 bits per heavy atom. The molecule has 2 heterocycles. The van der Waals surface area contributed by atoms with Crippen LogP contribution in [-0.2, 0) is 0 Å². The number of nitrogens with zero attached hydrogens (tertiary/aromatic N) is 2. The molecule has 2 nitrogen and oxygen atoms in total. The van der Waals surface area contributed by atoms with E-state index in [1.54, 1.807) is 11.0 Å². The maximum Gasteiger partial charge on any atom is 0.104 e. The highest BCUT2D eigenvalue weighted by molar-refractivity contribution is 5.61. The van der Waals surface area contributed by atoms with Crippen LogP contribution in [0.3, 0.4) is 0 Å². The SMILES string of the molecule is [2H]C([2H])([2H])C1N(c2ccccc2C)C(C)=C2C=CC([2H])([2H])N21. The van der Waals surface area contributed by atoms with Gasteiger partial charge in [0.05, 0.1) is 8.44 Å². The summed E-state index contributed by atoms with van der Waals surface area (Å²) in [6, 6.07) is 7.57. The zero-order chi connectivity index (χ0) is 16.3. The monoisotopic (exact) mass is 231 g/mol. The Bertz CT molecular complexity index is 675. The molecule has 17 heavy (non-hydrogen) atoms. The van der Waals surface area contributed by atoms with Crippen molar-refractivity contribution in [1.82, 2.24) is 4.90 Å². The number of hydrogen-bond acceptors (Lipinski definition) is 2. The molecule has 88 valence electrons. The van der Waals surface area contributed by atoms with Crippen molar-refractivity contribution in [3.63, 3.8) is 0 Å². The molecule has 1 aromatic carbocycles. The van der Waals surface area contributed by atoms with Crippen LogP contribution in [0.4, 0.5) is 5.69 Å². The van der Waals surface area contributed by atoms with Gasteiger partial charge in [0.25, 0.3) is 0 Å². The van der Waals surface area contributed by atoms with Crippen LogP contribution >= 0.6 is 0 Å². The highest BCUT2D eigenvalue weighted by atomic mass is 15.4. The first-order valence-corrected chi connectivity index (χ1v) is 5.69. The third-order valence-electron chi connectivity index (χ3n) is 3.31. The van der Waals surface area contributed by atoms with E-state index in [4.69, 9.17) is 6.85 Å². The lowest BCUT2D eigenvalue weighted by molar-refractivity contribution is 0.344. The Balaban J connectivity index is 2.19. The van der Waals surface area contributed by atoms with Crippen molar-refractivity contribution >= 4 is 5.69 Å². The van der Waals surface area contributed by atoms with Crippen LogP contribution in [0.15, 0.2) is 47.8 Å². The summed E-state index contributed by atoms with van der Waals surface area (Å²) in [6.45, 7) is -0.373. The summed E-state index contributed by atoms with van der Waals surface area (Å²) in [5, 5.41) is 0. The van der Waals surface area contributed by atoms with Gasteiger partial charge in [0.2, 0.25) is 0 Å². The fourth-order valence-corrected chi connectivity index (χ4v) is 2.41. The lowest BCUT2D eigenvalue weighted by Gasteiger charge is -2.31. The average Bonchev–Trinajstić information content (AvgIpc) is 2.87. The van der Waals surface area contributed by atoms with Crippen molar-refractivity contribution in [2.24, 2.45) is 0 Å². The minimum Gasteiger partial charge on any atom is -0.346 e. The first-order chi connectivity index (χ1) is 10.1. The number of allylic oxidation sites excluding steroid dienone is 2. The van der Waals surface area contributed by atoms with Gasteiger partial charge in [-0.2, -0.15) is 0 Å². The highest BCUT2D eigenvalue weighted by Gasteiger charge is 2.34. The van der Waals surface area contributed by atoms with E-state index in [1.807, 2.05) is 38.1 Å². The number of rotatable bonds is 1. The number of fused-ring (bicyclic) bond motifs is 1. The number of hydrogen-bond donors (Lipinski definition) is 0. The van der Waals surface area contributed by atoms with Gasteiger partial charge in [0, 0.05) is 22.0 Å². The molecule has 2 aliphatic rings. The van der Waals surface area contributed by atoms with Crippen molar-refractivity contribution in [2.75, 3.05) is 11.4 Å². The van der Waals surface area contributed by atoms with Gasteiger partial charge in [-0.1, -0.05) is 24.3 Å². The van der Waals surface area contributed by atoms with Gasteiger partial charge in [0.15, 0.2) is 0 Å². The predicted octanol–water partition coefficient (Wildman–Crippen LogP) is 3.26. The Morgan fingerprint density at radius 3 is 2.94 bits per heavy atom. The molecule has 0 fully saturated rings. The summed E-state index contributed by atoms with van der Waals surface area (Å²) in [4.78, 5) is 3.10. The first kappa shape index (κ1) is 6.29. The van der Waals surface area contributed by atoms with Gasteiger partial charge in [-0.25, -0.2) is 0 Å². The number of para-hydroxylation sites is 1. The van der Waals surface area contributed by atoms with Crippen molar-refractivity contribution in [3.8, 4) is 0 Å². The second-order valence-corrected chi connectivity index (χ2v) is 4.33. The minimum atomic E-state index is -2.34. The van der Waals surface area contributed by atoms with Gasteiger partial charge < -0.3 is 9.80 Å². The van der Waals surface area contributed by atoms with Crippen molar-refractivity contribution in [2.45, 2.75) is 26.9 Å². The molecule has 0 N–H and O–H groups in total. The smallest absolute Gasteiger partial charge is 0.104 e. The second kappa shape index (κ2) is 3.66. The van der Waals surface area contributed by atoms with E-state index in [9.17, 15) is 0 Å². The fraction of sp³-hybridized carbons (Fsp3) is 0.333. The molecular formula is C15H18N2. The summed E-state index contributed by atoms with van der Waals surface area (Å²) in [5.41, 5.74) is 3.15. The van der Waals surface area contributed by atoms with Crippen molar-refractivity contribution in [3.05, 3.63) is 53.4 Å². The first-order valence-electron chi connectivity index (χ1n) is 8.19. The van der Waals surface area contributed by atoms with Crippen LogP contribution < -0.4 is 4.90 Å². The van der Waals surface area contributed by atoms with Gasteiger partial charge in [-0.15, -0.1) is 0 Å². The molecule has 1 unspecified atom stereocenters. The molecule has 1 aromatic rings. The van der Waals surface area contributed by atoms with Crippen molar-refractivity contribution < 1.29 is 6.85 Å². The normalized spacial score (nSPS) is 30.7. The largest absolute Gasteiger partial charge is 0.346 e. The predicted molar refractivity (Wildman–Crippen MR) is 71.7 cm³/mol. The molecule has 0 saturated heterocycles. The molecule has 0 radical (unpaired) electrons. The number of benzene rings is 1. The molecule has 2 aliphatic heterocycles. The molecule has 0 amide bonds. The van der Waals surface area contributed by atoms with Crippen LogP contribution in [0.25, 0.3) is 0 Å². The van der Waals surface area contributed by atoms with Crippen LogP contribution in [-0.4, -0.2) is 17.6 Å². The molecular weight excluding hydrogens is 208 g/mol. The summed E-state index contributed by atoms with van der Waals surface area (Å²) >= 11 is 0. The molecule has 1 atom stereocenters. The molecule has 0 saturated carbocycles. The average molecular weight is 231 g/mol. The summed E-state index contributed by atoms with van der Waals surface area (Å²) < 4.78 is 40.0. The Morgan fingerprint density at radius 2 is 2.18 bits per heavy atom. The van der Waals surface area contributed by atoms with E-state index in [0.717, 1.165) is 16.9 Å². The van der Waals surface area contributed by atoms with E-state index in [-0.39, 0.29) is 0 Å². The molecule has 2 heteroatoms. The third kappa shape index (κ3) is 1.40. The van der Waals surface area contributed by atoms with E-state index < -0.39 is 19.5 Å². The lowest BCUT2D eigenvalue weighted by Crippen LogP contribution is -2.37. The van der Waals surface area contributed by atoms with E-state index in [0.29, 0.717) is 5.70 Å². The second-order valence-electron chi connectivity index (χ2n) is 4.33. The van der Waals surface area contributed by atoms with Crippen LogP contribution in [0.1, 0.15) is 26.2 Å². The van der Waals surface area contributed by atoms with Gasteiger partial charge >= 0.3 is 0 Å². The third-order valence-corrected chi connectivity index (χ3v) is 3.31. The summed E-state index contributed by atoms with van der Waals surface area (Å²) in [7, 11) is 0. The fourth-order valence-electron chi connectivity index (χ4n) is 2.41. The number of aryl methyl sites for hydroxylation is 1. The van der Waals surface area contributed by atoms with Crippen LogP contribution in [0.2, 0.25) is 0 Å². The zero-order valence-corrected chi connectivity index (χ0v) is 9.94. The van der Waals surface area contributed by atoms with Gasteiger partial charge in [-0.3, -0.25) is 0 Å². The van der Waals surface area contributed by atoms with Gasteiger partial charge in [0.1, 0.15) is 6.17 Å². The highest BCUT2D eigenvalue weighted by Crippen LogP contribution is 2.37. The van der Waals surface area contributed by atoms with E-state index in [2.05, 4.69) is 0 Å². The topological polar surface area (TPSA) is 6.48 Å². The molecule has 3 rings (SSSR count). The molecule has 0 aromatic heterocycles. The summed E-state index contributed by atoms with van der Waals surface area (Å²) in [6.07, 6.45) is 2.04. The Hall–Kier alpha value is -1.70. The van der Waals surface area contributed by atoms with Crippen molar-refractivity contribution in [1.29, 1.82) is 0 Å². The maximum atomic E-state index is 8.12. The molecule has 0 aliphatic carbocycles. The standard InChI is InChI=1S/C15H18N2/c1-11-7-4-5-8-14(11)17-12(2)15-9-6-10-16(15)13(17)3/h4-9,13H,10H2,1-3H3/i3D3,10D2. The van der Waals surface area contributed by atoms with Crippen LogP contribution in [0.5, 0.6) is 0 Å². The van der Waals surface area contributed by atoms with E-state index >= 15 is 0 Å². The van der Waals surface area contributed by atoms with Gasteiger partial charge in [-0.05, 0) is 38.4 Å². The molecule has 0 bridgehead atoms. The molecule has 0 spiro atoms. The Kier molecular flexibility index (Phi) is 1.35. The van der Waals surface area contributed by atoms with E-state index in [1.165, 1.54) is 11.0 Å². The zero-order valence-electron chi connectivity index (χ0n) is 14.9. The number of anilines is 1. The maximum absolute atomic E-state index is 8.12. The lowest BCUT2D eigenvalue weighted by atomic mass is 10.1. The minimum absolute atomic E-state index is 0.634.